The standard InChI is InChI=1S/C14H21NS/c1-10-4-5-13(8-11(10)2)12(3)15-14-6-7-16-9-14/h4-5,8,12,14-15H,6-7,9H2,1-3H3. The van der Waals surface area contributed by atoms with Crippen LogP contribution in [0, 0.1) is 13.8 Å². The Labute approximate surface area is 103 Å². The Bertz CT molecular complexity index is 356. The van der Waals surface area contributed by atoms with Crippen molar-refractivity contribution in [2.45, 2.75) is 39.3 Å². The van der Waals surface area contributed by atoms with Gasteiger partial charge in [0.1, 0.15) is 0 Å². The molecule has 1 heterocycles. The zero-order valence-electron chi connectivity index (χ0n) is 10.4. The number of thioether (sulfide) groups is 1. The molecule has 0 radical (unpaired) electrons. The molecular formula is C14H21NS. The normalized spacial score (nSPS) is 22.3. The first-order valence-electron chi connectivity index (χ1n) is 6.08. The molecule has 0 aromatic heterocycles. The van der Waals surface area contributed by atoms with Gasteiger partial charge in [-0.15, -0.1) is 0 Å². The fourth-order valence-electron chi connectivity index (χ4n) is 2.15. The molecule has 1 nitrogen and oxygen atoms in total. The first-order chi connectivity index (χ1) is 7.66. The van der Waals surface area contributed by atoms with Gasteiger partial charge in [-0.1, -0.05) is 18.2 Å². The van der Waals surface area contributed by atoms with Crippen LogP contribution in [0.3, 0.4) is 0 Å². The van der Waals surface area contributed by atoms with Crippen LogP contribution >= 0.6 is 11.8 Å². The second kappa shape index (κ2) is 5.24. The maximum Gasteiger partial charge on any atom is 0.0294 e. The summed E-state index contributed by atoms with van der Waals surface area (Å²) in [7, 11) is 0. The van der Waals surface area contributed by atoms with Gasteiger partial charge in [0.15, 0.2) is 0 Å². The molecule has 1 N–H and O–H groups in total. The zero-order chi connectivity index (χ0) is 11.5. The van der Waals surface area contributed by atoms with Crippen LogP contribution < -0.4 is 5.32 Å². The molecule has 0 bridgehead atoms. The minimum absolute atomic E-state index is 0.475. The maximum atomic E-state index is 3.72. The second-order valence-corrected chi connectivity index (χ2v) is 5.94. The summed E-state index contributed by atoms with van der Waals surface area (Å²) in [6.07, 6.45) is 1.32. The molecule has 1 aromatic rings. The monoisotopic (exact) mass is 235 g/mol. The second-order valence-electron chi connectivity index (χ2n) is 4.79. The fourth-order valence-corrected chi connectivity index (χ4v) is 3.31. The summed E-state index contributed by atoms with van der Waals surface area (Å²) < 4.78 is 0. The highest BCUT2D eigenvalue weighted by atomic mass is 32.2. The molecule has 1 fully saturated rings. The summed E-state index contributed by atoms with van der Waals surface area (Å²) in [5, 5.41) is 3.72. The van der Waals surface area contributed by atoms with E-state index >= 15 is 0 Å². The third-order valence-electron chi connectivity index (χ3n) is 3.45. The molecule has 88 valence electrons. The van der Waals surface area contributed by atoms with Crippen LogP contribution in [0.2, 0.25) is 0 Å². The van der Waals surface area contributed by atoms with E-state index in [2.05, 4.69) is 56.0 Å². The summed E-state index contributed by atoms with van der Waals surface area (Å²) in [6, 6.07) is 7.98. The van der Waals surface area contributed by atoms with Gasteiger partial charge in [0.25, 0.3) is 0 Å². The van der Waals surface area contributed by atoms with Crippen molar-refractivity contribution >= 4 is 11.8 Å². The van der Waals surface area contributed by atoms with E-state index in [1.54, 1.807) is 0 Å². The van der Waals surface area contributed by atoms with Gasteiger partial charge in [-0.25, -0.2) is 0 Å². The molecule has 16 heavy (non-hydrogen) atoms. The Morgan fingerprint density at radius 3 is 2.75 bits per heavy atom. The minimum Gasteiger partial charge on any atom is -0.307 e. The summed E-state index contributed by atoms with van der Waals surface area (Å²) in [5.74, 6) is 2.59. The SMILES string of the molecule is Cc1ccc(C(C)NC2CCSC2)cc1C. The fraction of sp³-hybridized carbons (Fsp3) is 0.571. The molecule has 2 atom stereocenters. The first kappa shape index (κ1) is 12.0. The van der Waals surface area contributed by atoms with Crippen molar-refractivity contribution in [3.63, 3.8) is 0 Å². The Balaban J connectivity index is 2.02. The van der Waals surface area contributed by atoms with E-state index in [0.717, 1.165) is 0 Å². The summed E-state index contributed by atoms with van der Waals surface area (Å²) in [4.78, 5) is 0. The number of benzene rings is 1. The topological polar surface area (TPSA) is 12.0 Å². The highest BCUT2D eigenvalue weighted by Crippen LogP contribution is 2.22. The van der Waals surface area contributed by atoms with Gasteiger partial charge in [-0.2, -0.15) is 11.8 Å². The zero-order valence-corrected chi connectivity index (χ0v) is 11.2. The lowest BCUT2D eigenvalue weighted by atomic mass is 10.0. The third-order valence-corrected chi connectivity index (χ3v) is 4.61. The van der Waals surface area contributed by atoms with Crippen molar-refractivity contribution in [2.24, 2.45) is 0 Å². The summed E-state index contributed by atoms with van der Waals surface area (Å²) >= 11 is 2.06. The van der Waals surface area contributed by atoms with Crippen molar-refractivity contribution in [1.29, 1.82) is 0 Å². The number of rotatable bonds is 3. The Kier molecular flexibility index (Phi) is 3.93. The maximum absolute atomic E-state index is 3.72. The van der Waals surface area contributed by atoms with Gasteiger partial charge in [-0.05, 0) is 49.6 Å². The van der Waals surface area contributed by atoms with Crippen LogP contribution in [0.15, 0.2) is 18.2 Å². The van der Waals surface area contributed by atoms with Crippen molar-refractivity contribution < 1.29 is 0 Å². The Morgan fingerprint density at radius 1 is 1.31 bits per heavy atom. The number of nitrogens with one attached hydrogen (secondary N) is 1. The Morgan fingerprint density at radius 2 is 2.12 bits per heavy atom. The average Bonchev–Trinajstić information content (AvgIpc) is 2.74. The van der Waals surface area contributed by atoms with Crippen molar-refractivity contribution in [3.05, 3.63) is 34.9 Å². The summed E-state index contributed by atoms with van der Waals surface area (Å²) in [5.41, 5.74) is 4.19. The van der Waals surface area contributed by atoms with Gasteiger partial charge in [0.05, 0.1) is 0 Å². The molecule has 1 aromatic carbocycles. The van der Waals surface area contributed by atoms with Crippen molar-refractivity contribution in [1.82, 2.24) is 5.32 Å². The molecule has 2 rings (SSSR count). The third kappa shape index (κ3) is 2.80. The van der Waals surface area contributed by atoms with Crippen LogP contribution in [0.1, 0.15) is 36.1 Å². The minimum atomic E-state index is 0.475. The van der Waals surface area contributed by atoms with Crippen molar-refractivity contribution in [2.75, 3.05) is 11.5 Å². The van der Waals surface area contributed by atoms with E-state index in [4.69, 9.17) is 0 Å². The molecule has 2 unspecified atom stereocenters. The van der Waals surface area contributed by atoms with Gasteiger partial charge in [0.2, 0.25) is 0 Å². The van der Waals surface area contributed by atoms with Gasteiger partial charge < -0.3 is 5.32 Å². The molecule has 0 saturated carbocycles. The number of hydrogen-bond donors (Lipinski definition) is 1. The van der Waals surface area contributed by atoms with E-state index in [1.807, 2.05) is 0 Å². The molecule has 0 amide bonds. The van der Waals surface area contributed by atoms with Crippen LogP contribution in [0.4, 0.5) is 0 Å². The smallest absolute Gasteiger partial charge is 0.0294 e. The highest BCUT2D eigenvalue weighted by molar-refractivity contribution is 7.99. The number of hydrogen-bond acceptors (Lipinski definition) is 2. The molecule has 2 heteroatoms. The van der Waals surface area contributed by atoms with E-state index < -0.39 is 0 Å². The van der Waals surface area contributed by atoms with Gasteiger partial charge in [-0.3, -0.25) is 0 Å². The van der Waals surface area contributed by atoms with E-state index in [9.17, 15) is 0 Å². The van der Waals surface area contributed by atoms with Crippen LogP contribution in [0.5, 0.6) is 0 Å². The van der Waals surface area contributed by atoms with Gasteiger partial charge >= 0.3 is 0 Å². The molecule has 0 aliphatic carbocycles. The van der Waals surface area contributed by atoms with E-state index in [-0.39, 0.29) is 0 Å². The lowest BCUT2D eigenvalue weighted by molar-refractivity contribution is 0.486. The lowest BCUT2D eigenvalue weighted by Crippen LogP contribution is -2.31. The quantitative estimate of drug-likeness (QED) is 0.861. The molecular weight excluding hydrogens is 214 g/mol. The van der Waals surface area contributed by atoms with Crippen LogP contribution in [-0.4, -0.2) is 17.5 Å². The average molecular weight is 235 g/mol. The first-order valence-corrected chi connectivity index (χ1v) is 7.23. The summed E-state index contributed by atoms with van der Waals surface area (Å²) in [6.45, 7) is 6.63. The predicted molar refractivity (Wildman–Crippen MR) is 73.2 cm³/mol. The molecule has 1 saturated heterocycles. The molecule has 1 aliphatic rings. The van der Waals surface area contributed by atoms with Crippen molar-refractivity contribution in [3.8, 4) is 0 Å². The van der Waals surface area contributed by atoms with E-state index in [0.29, 0.717) is 12.1 Å². The molecule has 0 spiro atoms. The Hall–Kier alpha value is -0.470. The lowest BCUT2D eigenvalue weighted by Gasteiger charge is -2.19. The number of aryl methyl sites for hydroxylation is 2. The largest absolute Gasteiger partial charge is 0.307 e. The van der Waals surface area contributed by atoms with Crippen LogP contribution in [-0.2, 0) is 0 Å². The molecule has 1 aliphatic heterocycles. The highest BCUT2D eigenvalue weighted by Gasteiger charge is 2.17. The van der Waals surface area contributed by atoms with Crippen LogP contribution in [0.25, 0.3) is 0 Å². The predicted octanol–water partition coefficient (Wildman–Crippen LogP) is 3.46. The van der Waals surface area contributed by atoms with E-state index in [1.165, 1.54) is 34.6 Å². The van der Waals surface area contributed by atoms with Gasteiger partial charge in [0, 0.05) is 17.8 Å².